The van der Waals surface area contributed by atoms with Crippen molar-refractivity contribution in [3.63, 3.8) is 0 Å². The van der Waals surface area contributed by atoms with Crippen molar-refractivity contribution in [3.8, 4) is 39.9 Å². The number of fused-ring (bicyclic) bond motifs is 1. The van der Waals surface area contributed by atoms with E-state index in [0.29, 0.717) is 63.1 Å². The van der Waals surface area contributed by atoms with E-state index in [2.05, 4.69) is 0 Å². The fraction of sp³-hybridized carbons (Fsp3) is 0.385. The number of carbonyl (C=O) groups excluding carboxylic acids is 1. The topological polar surface area (TPSA) is 94.5 Å². The van der Waals surface area contributed by atoms with Gasteiger partial charge >= 0.3 is 5.97 Å². The molecule has 0 unspecified atom stereocenters. The third-order valence-electron chi connectivity index (χ3n) is 6.25. The molecule has 2 aromatic carbocycles. The van der Waals surface area contributed by atoms with E-state index < -0.39 is 5.97 Å². The lowest BCUT2D eigenvalue weighted by Gasteiger charge is -2.21. The summed E-state index contributed by atoms with van der Waals surface area (Å²) in [6.45, 7) is 0.408. The second-order valence-corrected chi connectivity index (χ2v) is 8.24. The van der Waals surface area contributed by atoms with Crippen LogP contribution in [0.25, 0.3) is 21.9 Å². The van der Waals surface area contributed by atoms with Gasteiger partial charge in [0.15, 0.2) is 23.0 Å². The lowest BCUT2D eigenvalue weighted by atomic mass is 9.95. The molecule has 1 aliphatic rings. The first kappa shape index (κ1) is 24.3. The first-order chi connectivity index (χ1) is 16.9. The zero-order valence-electron chi connectivity index (χ0n) is 20.7. The third-order valence-corrected chi connectivity index (χ3v) is 6.25. The van der Waals surface area contributed by atoms with E-state index in [1.165, 1.54) is 47.2 Å². The summed E-state index contributed by atoms with van der Waals surface area (Å²) in [5.41, 5.74) is 0.928. The lowest BCUT2D eigenvalue weighted by molar-refractivity contribution is 0.0587. The van der Waals surface area contributed by atoms with E-state index in [4.69, 9.17) is 28.4 Å². The maximum atomic E-state index is 13.7. The Bertz CT molecular complexity index is 1310. The highest BCUT2D eigenvalue weighted by molar-refractivity contribution is 6.08. The van der Waals surface area contributed by atoms with Crippen LogP contribution < -0.4 is 29.2 Å². The van der Waals surface area contributed by atoms with Gasteiger partial charge in [-0.05, 0) is 48.6 Å². The molecule has 0 bridgehead atoms. The average Bonchev–Trinajstić information content (AvgIpc) is 3.71. The van der Waals surface area contributed by atoms with Crippen molar-refractivity contribution in [2.75, 3.05) is 42.7 Å². The molecule has 1 fully saturated rings. The molecular weight excluding hydrogens is 454 g/mol. The minimum absolute atomic E-state index is 0.151. The van der Waals surface area contributed by atoms with Gasteiger partial charge in [0.05, 0.1) is 48.0 Å². The minimum atomic E-state index is -0.622. The Morgan fingerprint density at radius 2 is 1.34 bits per heavy atom. The van der Waals surface area contributed by atoms with Crippen LogP contribution in [0.15, 0.2) is 29.1 Å². The van der Waals surface area contributed by atoms with Crippen LogP contribution in [0.1, 0.15) is 23.3 Å². The Balaban J connectivity index is 2.20. The normalized spacial score (nSPS) is 12.9. The Morgan fingerprint density at radius 1 is 0.800 bits per heavy atom. The van der Waals surface area contributed by atoms with Crippen LogP contribution in [-0.2, 0) is 11.3 Å². The number of methoxy groups -OCH3 is 6. The predicted octanol–water partition coefficient (Wildman–Crippen LogP) is 3.91. The van der Waals surface area contributed by atoms with Gasteiger partial charge in [0.2, 0.25) is 5.75 Å². The largest absolute Gasteiger partial charge is 0.493 e. The van der Waals surface area contributed by atoms with Crippen molar-refractivity contribution in [2.45, 2.75) is 19.4 Å². The number of carbonyl (C=O) groups is 1. The predicted molar refractivity (Wildman–Crippen MR) is 130 cm³/mol. The quantitative estimate of drug-likeness (QED) is 0.423. The minimum Gasteiger partial charge on any atom is -0.493 e. The molecule has 0 saturated heterocycles. The molecule has 1 saturated carbocycles. The van der Waals surface area contributed by atoms with Crippen LogP contribution in [0.2, 0.25) is 0 Å². The number of hydrogen-bond acceptors (Lipinski definition) is 8. The summed E-state index contributed by atoms with van der Waals surface area (Å²) < 4.78 is 34.2. The van der Waals surface area contributed by atoms with Gasteiger partial charge in [-0.15, -0.1) is 0 Å². The number of nitrogens with zero attached hydrogens (tertiary/aromatic N) is 1. The van der Waals surface area contributed by atoms with Gasteiger partial charge in [-0.2, -0.15) is 0 Å². The Labute approximate surface area is 203 Å². The molecule has 1 heterocycles. The van der Waals surface area contributed by atoms with E-state index in [1.807, 2.05) is 0 Å². The molecule has 186 valence electrons. The van der Waals surface area contributed by atoms with Crippen LogP contribution in [-0.4, -0.2) is 53.2 Å². The summed E-state index contributed by atoms with van der Waals surface area (Å²) in [6.07, 6.45) is 1.99. The molecule has 9 heteroatoms. The molecule has 4 rings (SSSR count). The van der Waals surface area contributed by atoms with Gasteiger partial charge < -0.3 is 33.0 Å². The first-order valence-corrected chi connectivity index (χ1v) is 11.1. The second-order valence-electron chi connectivity index (χ2n) is 8.24. The zero-order chi connectivity index (χ0) is 25.3. The molecule has 0 atom stereocenters. The van der Waals surface area contributed by atoms with Crippen LogP contribution in [0.4, 0.5) is 0 Å². The average molecular weight is 484 g/mol. The van der Waals surface area contributed by atoms with Gasteiger partial charge in [0, 0.05) is 17.5 Å². The van der Waals surface area contributed by atoms with Crippen LogP contribution in [0.5, 0.6) is 28.7 Å². The number of ether oxygens (including phenoxy) is 6. The summed E-state index contributed by atoms with van der Waals surface area (Å²) in [6, 6.07) is 6.82. The number of rotatable bonds is 9. The van der Waals surface area contributed by atoms with Gasteiger partial charge in [0.25, 0.3) is 5.56 Å². The Kier molecular flexibility index (Phi) is 6.77. The molecule has 0 amide bonds. The first-order valence-electron chi connectivity index (χ1n) is 11.1. The molecule has 9 nitrogen and oxygen atoms in total. The zero-order valence-corrected chi connectivity index (χ0v) is 20.7. The number of esters is 1. The van der Waals surface area contributed by atoms with E-state index in [9.17, 15) is 9.59 Å². The molecule has 0 aliphatic heterocycles. The van der Waals surface area contributed by atoms with E-state index >= 15 is 0 Å². The van der Waals surface area contributed by atoms with Crippen LogP contribution in [0.3, 0.4) is 0 Å². The Morgan fingerprint density at radius 3 is 1.80 bits per heavy atom. The summed E-state index contributed by atoms with van der Waals surface area (Å²) in [5.74, 6) is 1.76. The molecule has 0 spiro atoms. The number of pyridine rings is 1. The van der Waals surface area contributed by atoms with Crippen molar-refractivity contribution in [3.05, 3.63) is 40.3 Å². The smallest absolute Gasteiger partial charge is 0.355 e. The van der Waals surface area contributed by atoms with Crippen molar-refractivity contribution < 1.29 is 33.2 Å². The third kappa shape index (κ3) is 4.22. The van der Waals surface area contributed by atoms with Crippen LogP contribution in [0, 0.1) is 5.92 Å². The van der Waals surface area contributed by atoms with Gasteiger partial charge in [-0.1, -0.05) is 0 Å². The lowest BCUT2D eigenvalue weighted by Crippen LogP contribution is -2.29. The second kappa shape index (κ2) is 9.77. The summed E-state index contributed by atoms with van der Waals surface area (Å²) >= 11 is 0. The standard InChI is InChI=1S/C26H29NO8/c1-30-18-11-16-17(12-19(18)31-2)25(28)27(13-14-7-8-14)23(26(29)35-6)22(16)15-9-20(32-3)24(34-5)21(10-15)33-4/h9-12,14H,7-8,13H2,1-6H3. The van der Waals surface area contributed by atoms with E-state index in [-0.39, 0.29) is 11.3 Å². The summed E-state index contributed by atoms with van der Waals surface area (Å²) in [7, 11) is 8.87. The monoisotopic (exact) mass is 483 g/mol. The molecule has 1 aromatic heterocycles. The fourth-order valence-corrected chi connectivity index (χ4v) is 4.33. The fourth-order valence-electron chi connectivity index (χ4n) is 4.33. The van der Waals surface area contributed by atoms with Gasteiger partial charge in [0.1, 0.15) is 5.69 Å². The molecular formula is C26H29NO8. The molecule has 0 N–H and O–H groups in total. The maximum Gasteiger partial charge on any atom is 0.355 e. The molecule has 3 aromatic rings. The van der Waals surface area contributed by atoms with E-state index in [1.54, 1.807) is 24.3 Å². The number of aromatic nitrogens is 1. The highest BCUT2D eigenvalue weighted by Crippen LogP contribution is 2.45. The van der Waals surface area contributed by atoms with Crippen LogP contribution >= 0.6 is 0 Å². The van der Waals surface area contributed by atoms with Crippen molar-refractivity contribution in [1.29, 1.82) is 0 Å². The van der Waals surface area contributed by atoms with Crippen molar-refractivity contribution in [1.82, 2.24) is 4.57 Å². The maximum absolute atomic E-state index is 13.7. The Hall–Kier alpha value is -3.88. The molecule has 35 heavy (non-hydrogen) atoms. The van der Waals surface area contributed by atoms with Gasteiger partial charge in [-0.3, -0.25) is 4.79 Å². The molecule has 1 aliphatic carbocycles. The molecule has 0 radical (unpaired) electrons. The van der Waals surface area contributed by atoms with Crippen molar-refractivity contribution in [2.24, 2.45) is 5.92 Å². The summed E-state index contributed by atoms with van der Waals surface area (Å²) in [4.78, 5) is 26.9. The van der Waals surface area contributed by atoms with Crippen molar-refractivity contribution >= 4 is 16.7 Å². The van der Waals surface area contributed by atoms with E-state index in [0.717, 1.165) is 12.8 Å². The number of hydrogen-bond donors (Lipinski definition) is 0. The summed E-state index contributed by atoms with van der Waals surface area (Å²) in [5, 5.41) is 0.897. The highest BCUT2D eigenvalue weighted by Gasteiger charge is 2.30. The highest BCUT2D eigenvalue weighted by atomic mass is 16.5. The number of benzene rings is 2. The SMILES string of the molecule is COC(=O)c1c(-c2cc(OC)c(OC)c(OC)c2)c2cc(OC)c(OC)cc2c(=O)n1CC1CC1. The van der Waals surface area contributed by atoms with Gasteiger partial charge in [-0.25, -0.2) is 4.79 Å².